The van der Waals surface area contributed by atoms with E-state index in [0.717, 1.165) is 12.6 Å². The van der Waals surface area contributed by atoms with E-state index < -0.39 is 6.17 Å². The topological polar surface area (TPSA) is 12.0 Å². The average molecular weight is 131 g/mol. The van der Waals surface area contributed by atoms with Crippen molar-refractivity contribution in [1.29, 1.82) is 0 Å². The van der Waals surface area contributed by atoms with Crippen molar-refractivity contribution in [3.8, 4) is 0 Å². The van der Waals surface area contributed by atoms with E-state index >= 15 is 0 Å². The molecule has 1 unspecified atom stereocenters. The van der Waals surface area contributed by atoms with Crippen molar-refractivity contribution in [3.63, 3.8) is 0 Å². The van der Waals surface area contributed by atoms with Gasteiger partial charge in [-0.1, -0.05) is 0 Å². The highest BCUT2D eigenvalue weighted by atomic mass is 19.1. The van der Waals surface area contributed by atoms with Crippen molar-refractivity contribution in [3.05, 3.63) is 0 Å². The fourth-order valence-corrected chi connectivity index (χ4v) is 0.774. The lowest BCUT2D eigenvalue weighted by Crippen LogP contribution is -2.19. The van der Waals surface area contributed by atoms with Crippen molar-refractivity contribution in [2.45, 2.75) is 38.4 Å². The number of halogens is 1. The summed E-state index contributed by atoms with van der Waals surface area (Å²) in [5.74, 6) is 0. The molecule has 1 aliphatic rings. The van der Waals surface area contributed by atoms with Gasteiger partial charge in [-0.05, 0) is 32.7 Å². The Kier molecular flexibility index (Phi) is 2.46. The zero-order valence-electron chi connectivity index (χ0n) is 5.86. The van der Waals surface area contributed by atoms with Crippen LogP contribution in [0.2, 0.25) is 0 Å². The van der Waals surface area contributed by atoms with Crippen LogP contribution in [-0.2, 0) is 0 Å². The number of rotatable bonds is 4. The third kappa shape index (κ3) is 3.46. The number of hydrogen-bond donors (Lipinski definition) is 1. The molecule has 1 rings (SSSR count). The number of nitrogens with one attached hydrogen (secondary N) is 1. The lowest BCUT2D eigenvalue weighted by Gasteiger charge is -2.01. The van der Waals surface area contributed by atoms with Crippen LogP contribution < -0.4 is 5.32 Å². The second kappa shape index (κ2) is 3.16. The average Bonchev–Trinajstić information content (AvgIpc) is 2.48. The Morgan fingerprint density at radius 1 is 1.67 bits per heavy atom. The summed E-state index contributed by atoms with van der Waals surface area (Å²) < 4.78 is 12.1. The van der Waals surface area contributed by atoms with Gasteiger partial charge in [0.25, 0.3) is 0 Å². The summed E-state index contributed by atoms with van der Waals surface area (Å²) in [5.41, 5.74) is 0. The summed E-state index contributed by atoms with van der Waals surface area (Å²) in [6.07, 6.45) is 2.61. The Balaban J connectivity index is 1.81. The first-order valence-corrected chi connectivity index (χ1v) is 3.66. The van der Waals surface area contributed by atoms with E-state index in [4.69, 9.17) is 0 Å². The normalized spacial score (nSPS) is 22.0. The Morgan fingerprint density at radius 3 is 2.78 bits per heavy atom. The summed E-state index contributed by atoms with van der Waals surface area (Å²) in [6, 6.07) is 0.726. The summed E-state index contributed by atoms with van der Waals surface area (Å²) in [6.45, 7) is 2.46. The highest BCUT2D eigenvalue weighted by Gasteiger charge is 2.19. The molecule has 54 valence electrons. The molecule has 0 bridgehead atoms. The van der Waals surface area contributed by atoms with Crippen molar-refractivity contribution in [2.24, 2.45) is 0 Å². The maximum atomic E-state index is 12.1. The Bertz CT molecular complexity index is 77.0. The van der Waals surface area contributed by atoms with E-state index in [2.05, 4.69) is 5.32 Å². The van der Waals surface area contributed by atoms with Gasteiger partial charge in [-0.2, -0.15) is 0 Å². The third-order valence-electron chi connectivity index (χ3n) is 1.55. The molecule has 0 amide bonds. The molecule has 1 saturated carbocycles. The van der Waals surface area contributed by atoms with Gasteiger partial charge in [0.1, 0.15) is 0 Å². The molecular formula is C7H14FN. The van der Waals surface area contributed by atoms with Crippen molar-refractivity contribution < 1.29 is 4.39 Å². The third-order valence-corrected chi connectivity index (χ3v) is 1.55. The molecule has 0 aromatic heterocycles. The first-order valence-electron chi connectivity index (χ1n) is 3.66. The number of alkyl halides is 1. The molecule has 0 aliphatic heterocycles. The molecule has 1 N–H and O–H groups in total. The van der Waals surface area contributed by atoms with Gasteiger partial charge in [0.05, 0.1) is 6.17 Å². The molecule has 0 saturated heterocycles. The van der Waals surface area contributed by atoms with E-state index in [9.17, 15) is 4.39 Å². The fraction of sp³-hybridized carbons (Fsp3) is 1.00. The second-order valence-electron chi connectivity index (χ2n) is 2.80. The SMILES string of the molecule is CC(F)CCNC1CC1. The smallest absolute Gasteiger partial charge is 0.0985 e. The quantitative estimate of drug-likeness (QED) is 0.609. The van der Waals surface area contributed by atoms with Gasteiger partial charge < -0.3 is 5.32 Å². The zero-order chi connectivity index (χ0) is 6.69. The van der Waals surface area contributed by atoms with Crippen LogP contribution in [0.1, 0.15) is 26.2 Å². The van der Waals surface area contributed by atoms with E-state index in [1.165, 1.54) is 12.8 Å². The van der Waals surface area contributed by atoms with Crippen molar-refractivity contribution in [1.82, 2.24) is 5.32 Å². The molecular weight excluding hydrogens is 117 g/mol. The van der Waals surface area contributed by atoms with Gasteiger partial charge in [-0.15, -0.1) is 0 Å². The van der Waals surface area contributed by atoms with E-state index in [1.54, 1.807) is 6.92 Å². The molecule has 0 aromatic rings. The van der Waals surface area contributed by atoms with Gasteiger partial charge in [0, 0.05) is 6.04 Å². The maximum absolute atomic E-state index is 12.1. The van der Waals surface area contributed by atoms with Crippen LogP contribution in [0.5, 0.6) is 0 Å². The van der Waals surface area contributed by atoms with Crippen LogP contribution in [0.3, 0.4) is 0 Å². The second-order valence-corrected chi connectivity index (χ2v) is 2.80. The standard InChI is InChI=1S/C7H14FN/c1-6(8)4-5-9-7-2-3-7/h6-7,9H,2-5H2,1H3. The predicted octanol–water partition coefficient (Wildman–Crippen LogP) is 1.49. The van der Waals surface area contributed by atoms with Crippen LogP contribution in [0.15, 0.2) is 0 Å². The van der Waals surface area contributed by atoms with Crippen LogP contribution in [-0.4, -0.2) is 18.8 Å². The molecule has 0 radical (unpaired) electrons. The van der Waals surface area contributed by atoms with Gasteiger partial charge in [-0.25, -0.2) is 4.39 Å². The van der Waals surface area contributed by atoms with Crippen LogP contribution in [0.25, 0.3) is 0 Å². The van der Waals surface area contributed by atoms with Crippen molar-refractivity contribution >= 4 is 0 Å². The molecule has 0 aromatic carbocycles. The highest BCUT2D eigenvalue weighted by molar-refractivity contribution is 4.80. The van der Waals surface area contributed by atoms with Crippen molar-refractivity contribution in [2.75, 3.05) is 6.54 Å². The minimum absolute atomic E-state index is 0.642. The first-order chi connectivity index (χ1) is 4.29. The van der Waals surface area contributed by atoms with Gasteiger partial charge in [-0.3, -0.25) is 0 Å². The summed E-state index contributed by atoms with van der Waals surface area (Å²) in [5, 5.41) is 3.25. The van der Waals surface area contributed by atoms with Crippen LogP contribution in [0, 0.1) is 0 Å². The highest BCUT2D eigenvalue weighted by Crippen LogP contribution is 2.18. The molecule has 1 nitrogen and oxygen atoms in total. The largest absolute Gasteiger partial charge is 0.314 e. The molecule has 1 fully saturated rings. The summed E-state index contributed by atoms with van der Waals surface area (Å²) >= 11 is 0. The lowest BCUT2D eigenvalue weighted by molar-refractivity contribution is 0.335. The first kappa shape index (κ1) is 7.00. The van der Waals surface area contributed by atoms with E-state index in [1.807, 2.05) is 0 Å². The monoisotopic (exact) mass is 131 g/mol. The Labute approximate surface area is 55.6 Å². The Morgan fingerprint density at radius 2 is 2.33 bits per heavy atom. The Hall–Kier alpha value is -0.110. The minimum atomic E-state index is -0.642. The zero-order valence-corrected chi connectivity index (χ0v) is 5.86. The van der Waals surface area contributed by atoms with Gasteiger partial charge in [0.15, 0.2) is 0 Å². The lowest BCUT2D eigenvalue weighted by atomic mass is 10.3. The molecule has 1 aliphatic carbocycles. The van der Waals surface area contributed by atoms with E-state index in [-0.39, 0.29) is 0 Å². The maximum Gasteiger partial charge on any atom is 0.0985 e. The molecule has 0 heterocycles. The molecule has 2 heteroatoms. The fourth-order valence-electron chi connectivity index (χ4n) is 0.774. The molecule has 1 atom stereocenters. The minimum Gasteiger partial charge on any atom is -0.314 e. The van der Waals surface area contributed by atoms with E-state index in [0.29, 0.717) is 6.42 Å². The van der Waals surface area contributed by atoms with Gasteiger partial charge >= 0.3 is 0 Å². The predicted molar refractivity (Wildman–Crippen MR) is 36.2 cm³/mol. The van der Waals surface area contributed by atoms with Crippen LogP contribution in [0.4, 0.5) is 4.39 Å². The summed E-state index contributed by atoms with van der Waals surface area (Å²) in [4.78, 5) is 0. The molecule has 0 spiro atoms. The van der Waals surface area contributed by atoms with Gasteiger partial charge in [0.2, 0.25) is 0 Å². The number of hydrogen-bond acceptors (Lipinski definition) is 1. The summed E-state index contributed by atoms with van der Waals surface area (Å²) in [7, 11) is 0. The van der Waals surface area contributed by atoms with Crippen LogP contribution >= 0.6 is 0 Å². The molecule has 9 heavy (non-hydrogen) atoms.